The van der Waals surface area contributed by atoms with Gasteiger partial charge in [-0.3, -0.25) is 4.79 Å². The number of aromatic nitrogens is 2. The third kappa shape index (κ3) is 3.33. The van der Waals surface area contributed by atoms with E-state index in [0.29, 0.717) is 17.6 Å². The highest BCUT2D eigenvalue weighted by Crippen LogP contribution is 2.37. The van der Waals surface area contributed by atoms with Crippen LogP contribution in [0, 0.1) is 11.8 Å². The predicted octanol–water partition coefficient (Wildman–Crippen LogP) is 2.71. The Labute approximate surface area is 113 Å². The Balaban J connectivity index is 2.17. The molecule has 0 saturated heterocycles. The van der Waals surface area contributed by atoms with Gasteiger partial charge in [-0.25, -0.2) is 0 Å². The first-order valence-corrected chi connectivity index (χ1v) is 7.02. The standard InChI is InChI=1S/C14H22N2O3/c1-9(2)8-11-15-13(19-16-11)12(14(17)18-3)10-6-4-5-7-10/h9-10,12H,4-8H2,1-3H3. The Bertz CT molecular complexity index is 422. The molecule has 1 atom stereocenters. The second kappa shape index (κ2) is 6.17. The third-order valence-electron chi connectivity index (χ3n) is 3.67. The number of rotatable bonds is 5. The Hall–Kier alpha value is -1.39. The molecular weight excluding hydrogens is 244 g/mol. The van der Waals surface area contributed by atoms with Crippen molar-refractivity contribution in [2.75, 3.05) is 7.11 Å². The van der Waals surface area contributed by atoms with Gasteiger partial charge in [0.15, 0.2) is 5.82 Å². The number of hydrogen-bond acceptors (Lipinski definition) is 5. The SMILES string of the molecule is COC(=O)C(c1nc(CC(C)C)no1)C1CCCC1. The van der Waals surface area contributed by atoms with Crippen molar-refractivity contribution in [2.24, 2.45) is 11.8 Å². The summed E-state index contributed by atoms with van der Waals surface area (Å²) in [4.78, 5) is 16.4. The molecule has 1 fully saturated rings. The average molecular weight is 266 g/mol. The second-order valence-electron chi connectivity index (χ2n) is 5.69. The van der Waals surface area contributed by atoms with E-state index in [1.54, 1.807) is 0 Å². The second-order valence-corrected chi connectivity index (χ2v) is 5.69. The Morgan fingerprint density at radius 1 is 1.42 bits per heavy atom. The van der Waals surface area contributed by atoms with E-state index in [4.69, 9.17) is 9.26 Å². The van der Waals surface area contributed by atoms with E-state index in [1.807, 2.05) is 0 Å². The van der Waals surface area contributed by atoms with Crippen LogP contribution in [-0.4, -0.2) is 23.2 Å². The first kappa shape index (κ1) is 14.0. The van der Waals surface area contributed by atoms with Crippen LogP contribution in [0.5, 0.6) is 0 Å². The summed E-state index contributed by atoms with van der Waals surface area (Å²) in [5.41, 5.74) is 0. The summed E-state index contributed by atoms with van der Waals surface area (Å²) in [6.45, 7) is 4.20. The number of hydrogen-bond donors (Lipinski definition) is 0. The van der Waals surface area contributed by atoms with Crippen LogP contribution >= 0.6 is 0 Å². The number of ether oxygens (including phenoxy) is 1. The predicted molar refractivity (Wildman–Crippen MR) is 69.6 cm³/mol. The monoisotopic (exact) mass is 266 g/mol. The highest BCUT2D eigenvalue weighted by molar-refractivity contribution is 5.77. The molecule has 0 spiro atoms. The number of esters is 1. The maximum Gasteiger partial charge on any atom is 0.318 e. The molecule has 1 unspecified atom stereocenters. The summed E-state index contributed by atoms with van der Waals surface area (Å²) < 4.78 is 10.2. The summed E-state index contributed by atoms with van der Waals surface area (Å²) in [6.07, 6.45) is 5.14. The van der Waals surface area contributed by atoms with Gasteiger partial charge in [0.2, 0.25) is 5.89 Å². The van der Waals surface area contributed by atoms with E-state index in [-0.39, 0.29) is 17.8 Å². The molecule has 0 radical (unpaired) electrons. The highest BCUT2D eigenvalue weighted by Gasteiger charge is 2.37. The minimum atomic E-state index is -0.388. The van der Waals surface area contributed by atoms with Gasteiger partial charge >= 0.3 is 5.97 Å². The number of methoxy groups -OCH3 is 1. The quantitative estimate of drug-likeness (QED) is 0.767. The van der Waals surface area contributed by atoms with Crippen molar-refractivity contribution in [3.63, 3.8) is 0 Å². The molecule has 0 amide bonds. The van der Waals surface area contributed by atoms with Gasteiger partial charge in [-0.1, -0.05) is 31.8 Å². The minimum Gasteiger partial charge on any atom is -0.468 e. The van der Waals surface area contributed by atoms with Crippen LogP contribution in [0.1, 0.15) is 57.2 Å². The van der Waals surface area contributed by atoms with Crippen molar-refractivity contribution in [3.8, 4) is 0 Å². The zero-order valence-electron chi connectivity index (χ0n) is 11.9. The lowest BCUT2D eigenvalue weighted by Gasteiger charge is -2.16. The van der Waals surface area contributed by atoms with Crippen molar-refractivity contribution in [1.82, 2.24) is 10.1 Å². The fraction of sp³-hybridized carbons (Fsp3) is 0.786. The number of carbonyl (C=O) groups is 1. The van der Waals surface area contributed by atoms with Crippen molar-refractivity contribution in [1.29, 1.82) is 0 Å². The molecule has 1 heterocycles. The molecular formula is C14H22N2O3. The lowest BCUT2D eigenvalue weighted by Crippen LogP contribution is -2.22. The van der Waals surface area contributed by atoms with E-state index < -0.39 is 0 Å². The molecule has 2 rings (SSSR count). The van der Waals surface area contributed by atoms with Crippen molar-refractivity contribution >= 4 is 5.97 Å². The molecule has 106 valence electrons. The summed E-state index contributed by atoms with van der Waals surface area (Å²) in [5, 5.41) is 3.97. The summed E-state index contributed by atoms with van der Waals surface area (Å²) in [5.74, 6) is 1.20. The minimum absolute atomic E-state index is 0.258. The fourth-order valence-electron chi connectivity index (χ4n) is 2.75. The van der Waals surface area contributed by atoms with Gasteiger partial charge in [-0.05, 0) is 24.7 Å². The maximum atomic E-state index is 12.0. The van der Waals surface area contributed by atoms with Crippen LogP contribution in [0.3, 0.4) is 0 Å². The summed E-state index contributed by atoms with van der Waals surface area (Å²) in [6, 6.07) is 0. The third-order valence-corrected chi connectivity index (χ3v) is 3.67. The molecule has 0 aliphatic heterocycles. The average Bonchev–Trinajstić information content (AvgIpc) is 3.01. The van der Waals surface area contributed by atoms with Crippen molar-refractivity contribution in [3.05, 3.63) is 11.7 Å². The zero-order valence-corrected chi connectivity index (χ0v) is 11.9. The van der Waals surface area contributed by atoms with Crippen LogP contribution in [0.25, 0.3) is 0 Å². The molecule has 1 aromatic heterocycles. The first-order valence-electron chi connectivity index (χ1n) is 7.02. The van der Waals surface area contributed by atoms with Gasteiger partial charge in [0.05, 0.1) is 7.11 Å². The van der Waals surface area contributed by atoms with Crippen LogP contribution in [0.4, 0.5) is 0 Å². The summed E-state index contributed by atoms with van der Waals surface area (Å²) >= 11 is 0. The molecule has 1 aliphatic carbocycles. The lowest BCUT2D eigenvalue weighted by molar-refractivity contribution is -0.144. The van der Waals surface area contributed by atoms with Crippen LogP contribution in [-0.2, 0) is 16.0 Å². The lowest BCUT2D eigenvalue weighted by atomic mass is 9.91. The van der Waals surface area contributed by atoms with E-state index in [1.165, 1.54) is 7.11 Å². The van der Waals surface area contributed by atoms with E-state index >= 15 is 0 Å². The number of carbonyl (C=O) groups excluding carboxylic acids is 1. The fourth-order valence-corrected chi connectivity index (χ4v) is 2.75. The molecule has 19 heavy (non-hydrogen) atoms. The first-order chi connectivity index (χ1) is 9.11. The van der Waals surface area contributed by atoms with Gasteiger partial charge in [-0.2, -0.15) is 4.98 Å². The van der Waals surface area contributed by atoms with E-state index in [2.05, 4.69) is 24.0 Å². The Kier molecular flexibility index (Phi) is 4.56. The topological polar surface area (TPSA) is 65.2 Å². The number of nitrogens with zero attached hydrogens (tertiary/aromatic N) is 2. The molecule has 1 aromatic rings. The van der Waals surface area contributed by atoms with E-state index in [0.717, 1.165) is 32.1 Å². The van der Waals surface area contributed by atoms with Gasteiger partial charge in [0.1, 0.15) is 5.92 Å². The maximum absolute atomic E-state index is 12.0. The van der Waals surface area contributed by atoms with Crippen LogP contribution < -0.4 is 0 Å². The van der Waals surface area contributed by atoms with E-state index in [9.17, 15) is 4.79 Å². The Morgan fingerprint density at radius 2 is 2.11 bits per heavy atom. The van der Waals surface area contributed by atoms with Gasteiger partial charge < -0.3 is 9.26 Å². The highest BCUT2D eigenvalue weighted by atomic mass is 16.5. The smallest absolute Gasteiger partial charge is 0.318 e. The molecule has 1 saturated carbocycles. The largest absolute Gasteiger partial charge is 0.468 e. The Morgan fingerprint density at radius 3 is 2.68 bits per heavy atom. The van der Waals surface area contributed by atoms with Gasteiger partial charge in [0, 0.05) is 6.42 Å². The van der Waals surface area contributed by atoms with Crippen molar-refractivity contribution < 1.29 is 14.1 Å². The normalized spacial score (nSPS) is 17.9. The molecule has 5 heteroatoms. The molecule has 0 bridgehead atoms. The van der Waals surface area contributed by atoms with Crippen LogP contribution in [0.2, 0.25) is 0 Å². The van der Waals surface area contributed by atoms with Crippen molar-refractivity contribution in [2.45, 2.75) is 51.9 Å². The van der Waals surface area contributed by atoms with Gasteiger partial charge in [-0.15, -0.1) is 0 Å². The van der Waals surface area contributed by atoms with Gasteiger partial charge in [0.25, 0.3) is 0 Å². The summed E-state index contributed by atoms with van der Waals surface area (Å²) in [7, 11) is 1.41. The zero-order chi connectivity index (χ0) is 13.8. The molecule has 1 aliphatic rings. The molecule has 0 aromatic carbocycles. The molecule has 5 nitrogen and oxygen atoms in total. The van der Waals surface area contributed by atoms with Crippen LogP contribution in [0.15, 0.2) is 4.52 Å². The molecule has 0 N–H and O–H groups in total.